The van der Waals surface area contributed by atoms with E-state index >= 15 is 0 Å². The molecular weight excluding hydrogens is 412 g/mol. The van der Waals surface area contributed by atoms with E-state index in [2.05, 4.69) is 5.32 Å². The van der Waals surface area contributed by atoms with Gasteiger partial charge in [0.15, 0.2) is 0 Å². The average Bonchev–Trinajstić information content (AvgIpc) is 2.76. The summed E-state index contributed by atoms with van der Waals surface area (Å²) in [6.07, 6.45) is 1.18. The average molecular weight is 439 g/mol. The number of carbonyl (C=O) groups is 1. The zero-order valence-corrected chi connectivity index (χ0v) is 18.4. The number of benzene rings is 3. The van der Waals surface area contributed by atoms with Gasteiger partial charge in [0.05, 0.1) is 25.0 Å². The Bertz CT molecular complexity index is 1100. The topological polar surface area (TPSA) is 75.7 Å². The second kappa shape index (κ2) is 10.1. The molecule has 0 heterocycles. The molecule has 1 N–H and O–H groups in total. The van der Waals surface area contributed by atoms with Crippen molar-refractivity contribution in [2.45, 2.75) is 13.5 Å². The van der Waals surface area contributed by atoms with E-state index in [9.17, 15) is 13.2 Å². The van der Waals surface area contributed by atoms with Crippen molar-refractivity contribution in [3.63, 3.8) is 0 Å². The van der Waals surface area contributed by atoms with Crippen LogP contribution in [0.2, 0.25) is 0 Å². The number of rotatable bonds is 9. The van der Waals surface area contributed by atoms with Crippen LogP contribution in [0.5, 0.6) is 5.75 Å². The van der Waals surface area contributed by atoms with Crippen molar-refractivity contribution in [3.05, 3.63) is 95.6 Å². The smallest absolute Gasteiger partial charge is 0.251 e. The Labute approximate surface area is 183 Å². The van der Waals surface area contributed by atoms with Gasteiger partial charge in [0.25, 0.3) is 5.91 Å². The Hall–Kier alpha value is -3.32. The number of aryl methyl sites for hydroxylation is 1. The highest BCUT2D eigenvalue weighted by atomic mass is 32.2. The lowest BCUT2D eigenvalue weighted by molar-refractivity contribution is 0.0947. The van der Waals surface area contributed by atoms with Crippen LogP contribution in [0, 0.1) is 6.92 Å². The largest absolute Gasteiger partial charge is 0.492 e. The number of nitrogens with zero attached hydrogens (tertiary/aromatic N) is 1. The zero-order valence-electron chi connectivity index (χ0n) is 17.6. The minimum atomic E-state index is -3.49. The summed E-state index contributed by atoms with van der Waals surface area (Å²) in [5.74, 6) is 0.503. The SMILES string of the molecule is Cc1ccc(CN(c2ccc(C(=O)NCCOc3ccccc3)cc2)S(C)(=O)=O)cc1. The van der Waals surface area contributed by atoms with Gasteiger partial charge in [-0.2, -0.15) is 0 Å². The lowest BCUT2D eigenvalue weighted by atomic mass is 10.1. The molecule has 0 bridgehead atoms. The third-order valence-corrected chi connectivity index (χ3v) is 5.80. The summed E-state index contributed by atoms with van der Waals surface area (Å²) in [5, 5.41) is 2.80. The molecule has 31 heavy (non-hydrogen) atoms. The third kappa shape index (κ3) is 6.58. The monoisotopic (exact) mass is 438 g/mol. The lowest BCUT2D eigenvalue weighted by Gasteiger charge is -2.23. The van der Waals surface area contributed by atoms with Gasteiger partial charge < -0.3 is 10.1 Å². The number of anilines is 1. The van der Waals surface area contributed by atoms with Crippen LogP contribution in [0.25, 0.3) is 0 Å². The Balaban J connectivity index is 1.61. The molecule has 0 saturated carbocycles. The van der Waals surface area contributed by atoms with Crippen LogP contribution < -0.4 is 14.4 Å². The first-order valence-electron chi connectivity index (χ1n) is 9.92. The van der Waals surface area contributed by atoms with Crippen LogP contribution in [0.15, 0.2) is 78.9 Å². The molecule has 0 aromatic heterocycles. The highest BCUT2D eigenvalue weighted by Crippen LogP contribution is 2.21. The fourth-order valence-corrected chi connectivity index (χ4v) is 3.88. The van der Waals surface area contributed by atoms with Crippen molar-refractivity contribution in [1.29, 1.82) is 0 Å². The highest BCUT2D eigenvalue weighted by molar-refractivity contribution is 7.92. The van der Waals surface area contributed by atoms with Crippen LogP contribution in [0.3, 0.4) is 0 Å². The fourth-order valence-electron chi connectivity index (χ4n) is 2.99. The Kier molecular flexibility index (Phi) is 7.31. The molecule has 1 amide bonds. The maximum Gasteiger partial charge on any atom is 0.251 e. The maximum absolute atomic E-state index is 12.4. The first kappa shape index (κ1) is 22.4. The number of hydrogen-bond donors (Lipinski definition) is 1. The normalized spacial score (nSPS) is 11.0. The van der Waals surface area contributed by atoms with Crippen molar-refractivity contribution in [3.8, 4) is 5.75 Å². The molecule has 3 rings (SSSR count). The Morgan fingerprint density at radius 2 is 1.58 bits per heavy atom. The first-order chi connectivity index (χ1) is 14.8. The van der Waals surface area contributed by atoms with E-state index in [0.29, 0.717) is 24.4 Å². The molecule has 7 heteroatoms. The van der Waals surface area contributed by atoms with E-state index in [4.69, 9.17) is 4.74 Å². The lowest BCUT2D eigenvalue weighted by Crippen LogP contribution is -2.30. The second-order valence-corrected chi connectivity index (χ2v) is 9.13. The van der Waals surface area contributed by atoms with Gasteiger partial charge in [-0.3, -0.25) is 9.10 Å². The van der Waals surface area contributed by atoms with Gasteiger partial charge >= 0.3 is 0 Å². The molecule has 0 fully saturated rings. The van der Waals surface area contributed by atoms with E-state index in [1.165, 1.54) is 10.6 Å². The number of nitrogens with one attached hydrogen (secondary N) is 1. The van der Waals surface area contributed by atoms with Crippen LogP contribution in [-0.2, 0) is 16.6 Å². The Morgan fingerprint density at radius 1 is 0.935 bits per heavy atom. The molecule has 3 aromatic rings. The fraction of sp³-hybridized carbons (Fsp3) is 0.208. The van der Waals surface area contributed by atoms with Crippen LogP contribution in [0.1, 0.15) is 21.5 Å². The molecule has 0 aliphatic rings. The van der Waals surface area contributed by atoms with Gasteiger partial charge in [-0.25, -0.2) is 8.42 Å². The first-order valence-corrected chi connectivity index (χ1v) is 11.8. The standard InChI is InChI=1S/C24H26N2O4S/c1-19-8-10-20(11-9-19)18-26(31(2,28)29)22-14-12-21(13-15-22)24(27)25-16-17-30-23-6-4-3-5-7-23/h3-15H,16-18H2,1-2H3,(H,25,27). The molecular formula is C24H26N2O4S. The minimum absolute atomic E-state index is 0.224. The van der Waals surface area contributed by atoms with Crippen molar-refractivity contribution < 1.29 is 17.9 Å². The molecule has 0 radical (unpaired) electrons. The predicted octanol–water partition coefficient (Wildman–Crippen LogP) is 3.77. The third-order valence-electron chi connectivity index (χ3n) is 4.66. The molecule has 0 atom stereocenters. The molecule has 6 nitrogen and oxygen atoms in total. The van der Waals surface area contributed by atoms with Crippen LogP contribution in [0.4, 0.5) is 5.69 Å². The maximum atomic E-state index is 12.4. The van der Waals surface area contributed by atoms with Gasteiger partial charge in [-0.1, -0.05) is 48.0 Å². The summed E-state index contributed by atoms with van der Waals surface area (Å²) < 4.78 is 31.6. The highest BCUT2D eigenvalue weighted by Gasteiger charge is 2.18. The number of ether oxygens (including phenoxy) is 1. The molecule has 3 aromatic carbocycles. The number of para-hydroxylation sites is 1. The summed E-state index contributed by atoms with van der Waals surface area (Å²) in [6.45, 7) is 2.92. The minimum Gasteiger partial charge on any atom is -0.492 e. The van der Waals surface area contributed by atoms with E-state index in [-0.39, 0.29) is 12.5 Å². The number of carbonyl (C=O) groups excluding carboxylic acids is 1. The van der Waals surface area contributed by atoms with Gasteiger partial charge in [0.1, 0.15) is 12.4 Å². The summed E-state index contributed by atoms with van der Waals surface area (Å²) in [4.78, 5) is 12.4. The quantitative estimate of drug-likeness (QED) is 0.516. The van der Waals surface area contributed by atoms with E-state index < -0.39 is 10.0 Å². The second-order valence-electron chi connectivity index (χ2n) is 7.22. The van der Waals surface area contributed by atoms with Crippen molar-refractivity contribution in [2.24, 2.45) is 0 Å². The van der Waals surface area contributed by atoms with Gasteiger partial charge in [0.2, 0.25) is 10.0 Å². The molecule has 162 valence electrons. The van der Waals surface area contributed by atoms with Gasteiger partial charge in [-0.05, 0) is 48.9 Å². The number of amides is 1. The summed E-state index contributed by atoms with van der Waals surface area (Å²) in [7, 11) is -3.49. The van der Waals surface area contributed by atoms with Crippen LogP contribution >= 0.6 is 0 Å². The van der Waals surface area contributed by atoms with Crippen molar-refractivity contribution in [2.75, 3.05) is 23.7 Å². The van der Waals surface area contributed by atoms with Crippen molar-refractivity contribution >= 4 is 21.6 Å². The van der Waals surface area contributed by atoms with E-state index in [1.54, 1.807) is 24.3 Å². The summed E-state index contributed by atoms with van der Waals surface area (Å²) >= 11 is 0. The van der Waals surface area contributed by atoms with E-state index in [1.807, 2.05) is 61.5 Å². The Morgan fingerprint density at radius 3 is 2.19 bits per heavy atom. The van der Waals surface area contributed by atoms with Crippen molar-refractivity contribution in [1.82, 2.24) is 5.32 Å². The van der Waals surface area contributed by atoms with Gasteiger partial charge in [0, 0.05) is 5.56 Å². The zero-order chi connectivity index (χ0) is 22.3. The molecule has 0 unspecified atom stereocenters. The number of hydrogen-bond acceptors (Lipinski definition) is 4. The predicted molar refractivity (Wildman–Crippen MR) is 123 cm³/mol. The molecule has 0 aliphatic carbocycles. The molecule has 0 saturated heterocycles. The van der Waals surface area contributed by atoms with Gasteiger partial charge in [-0.15, -0.1) is 0 Å². The number of sulfonamides is 1. The molecule has 0 spiro atoms. The van der Waals surface area contributed by atoms with Crippen LogP contribution in [-0.4, -0.2) is 33.7 Å². The molecule has 0 aliphatic heterocycles. The summed E-state index contributed by atoms with van der Waals surface area (Å²) in [5.41, 5.74) is 2.95. The van der Waals surface area contributed by atoms with E-state index in [0.717, 1.165) is 16.9 Å². The summed E-state index contributed by atoms with van der Waals surface area (Å²) in [6, 6.07) is 23.6.